The monoisotopic (exact) mass is 281 g/mol. The minimum atomic E-state index is 0.116. The minimum absolute atomic E-state index is 0.116. The second-order valence-corrected chi connectivity index (χ2v) is 5.74. The van der Waals surface area contributed by atoms with Gasteiger partial charge in [0.05, 0.1) is 6.61 Å². The van der Waals surface area contributed by atoms with E-state index in [-0.39, 0.29) is 6.04 Å². The fourth-order valence-electron chi connectivity index (χ4n) is 3.09. The molecule has 1 heterocycles. The summed E-state index contributed by atoms with van der Waals surface area (Å²) in [4.78, 5) is 0. The predicted molar refractivity (Wildman–Crippen MR) is 86.7 cm³/mol. The molecule has 1 aliphatic rings. The van der Waals surface area contributed by atoms with Crippen molar-refractivity contribution in [2.75, 3.05) is 6.61 Å². The topological polar surface area (TPSA) is 35.2 Å². The lowest BCUT2D eigenvalue weighted by Gasteiger charge is -2.16. The summed E-state index contributed by atoms with van der Waals surface area (Å²) in [5, 5.41) is 0. The largest absolute Gasteiger partial charge is 0.493 e. The lowest BCUT2D eigenvalue weighted by molar-refractivity contribution is 0.357. The Balaban J connectivity index is 1.67. The van der Waals surface area contributed by atoms with Crippen LogP contribution < -0.4 is 10.5 Å². The normalized spacial score (nSPS) is 14.6. The van der Waals surface area contributed by atoms with Crippen LogP contribution >= 0.6 is 0 Å². The van der Waals surface area contributed by atoms with Crippen LogP contribution in [-0.4, -0.2) is 6.61 Å². The van der Waals surface area contributed by atoms with Crippen molar-refractivity contribution in [3.63, 3.8) is 0 Å². The third-order valence-corrected chi connectivity index (χ3v) is 4.33. The van der Waals surface area contributed by atoms with Gasteiger partial charge in [-0.1, -0.05) is 43.3 Å². The van der Waals surface area contributed by atoms with Crippen molar-refractivity contribution in [3.8, 4) is 5.75 Å². The Bertz CT molecular complexity index is 621. The van der Waals surface area contributed by atoms with Crippen LogP contribution in [0.5, 0.6) is 5.75 Å². The van der Waals surface area contributed by atoms with Crippen molar-refractivity contribution in [1.82, 2.24) is 0 Å². The van der Waals surface area contributed by atoms with E-state index in [0.717, 1.165) is 38.0 Å². The Morgan fingerprint density at radius 2 is 2.05 bits per heavy atom. The second kappa shape index (κ2) is 6.31. The van der Waals surface area contributed by atoms with Crippen LogP contribution in [0.1, 0.15) is 41.6 Å². The number of ether oxygens (including phenoxy) is 1. The van der Waals surface area contributed by atoms with Gasteiger partial charge in [-0.2, -0.15) is 0 Å². The summed E-state index contributed by atoms with van der Waals surface area (Å²) in [6.07, 6.45) is 4.08. The molecule has 2 aromatic carbocycles. The number of aryl methyl sites for hydroxylation is 2. The first-order valence-electron chi connectivity index (χ1n) is 7.86. The van der Waals surface area contributed by atoms with Crippen LogP contribution in [0.2, 0.25) is 0 Å². The van der Waals surface area contributed by atoms with Crippen LogP contribution in [0, 0.1) is 0 Å². The molecule has 110 valence electrons. The van der Waals surface area contributed by atoms with E-state index in [1.54, 1.807) is 0 Å². The van der Waals surface area contributed by atoms with Gasteiger partial charge in [0.2, 0.25) is 0 Å². The van der Waals surface area contributed by atoms with Crippen LogP contribution in [0.4, 0.5) is 0 Å². The molecule has 1 unspecified atom stereocenters. The molecule has 3 rings (SSSR count). The highest BCUT2D eigenvalue weighted by Gasteiger charge is 2.13. The zero-order valence-electron chi connectivity index (χ0n) is 12.6. The van der Waals surface area contributed by atoms with E-state index in [9.17, 15) is 0 Å². The third kappa shape index (κ3) is 3.11. The number of hydrogen-bond donors (Lipinski definition) is 1. The zero-order chi connectivity index (χ0) is 14.7. The van der Waals surface area contributed by atoms with Crippen molar-refractivity contribution < 1.29 is 4.74 Å². The van der Waals surface area contributed by atoms with Gasteiger partial charge in [0.15, 0.2) is 0 Å². The number of fused-ring (bicyclic) bond motifs is 1. The van der Waals surface area contributed by atoms with E-state index in [1.165, 1.54) is 22.3 Å². The fourth-order valence-corrected chi connectivity index (χ4v) is 3.09. The van der Waals surface area contributed by atoms with Crippen molar-refractivity contribution in [3.05, 3.63) is 64.7 Å². The number of benzene rings is 2. The molecule has 0 bridgehead atoms. The van der Waals surface area contributed by atoms with E-state index in [2.05, 4.69) is 49.4 Å². The van der Waals surface area contributed by atoms with Gasteiger partial charge in [0.1, 0.15) is 5.75 Å². The van der Waals surface area contributed by atoms with Gasteiger partial charge in [-0.15, -0.1) is 0 Å². The molecular formula is C19H23NO. The van der Waals surface area contributed by atoms with E-state index >= 15 is 0 Å². The van der Waals surface area contributed by atoms with Gasteiger partial charge >= 0.3 is 0 Å². The van der Waals surface area contributed by atoms with Crippen LogP contribution in [0.15, 0.2) is 42.5 Å². The number of nitrogens with two attached hydrogens (primary N) is 1. The Morgan fingerprint density at radius 1 is 1.19 bits per heavy atom. The van der Waals surface area contributed by atoms with Gasteiger partial charge < -0.3 is 10.5 Å². The van der Waals surface area contributed by atoms with Crippen LogP contribution in [0.3, 0.4) is 0 Å². The molecule has 0 fully saturated rings. The molecule has 2 heteroatoms. The van der Waals surface area contributed by atoms with Crippen molar-refractivity contribution >= 4 is 0 Å². The summed E-state index contributed by atoms with van der Waals surface area (Å²) in [6, 6.07) is 15.2. The molecule has 0 saturated heterocycles. The predicted octanol–water partition coefficient (Wildman–Crippen LogP) is 3.82. The molecule has 0 spiro atoms. The highest BCUT2D eigenvalue weighted by Crippen LogP contribution is 2.27. The maximum atomic E-state index is 6.41. The summed E-state index contributed by atoms with van der Waals surface area (Å²) in [7, 11) is 0. The molecule has 0 aliphatic carbocycles. The smallest absolute Gasteiger partial charge is 0.122 e. The number of rotatable bonds is 5. The standard InChI is InChI=1S/C19H23NO/c1-2-15-5-3-4-6-17(15)18(20)9-7-14-8-10-19-16(13-14)11-12-21-19/h3-6,8,10,13,18H,2,7,9,11-12,20H2,1H3. The highest BCUT2D eigenvalue weighted by atomic mass is 16.5. The van der Waals surface area contributed by atoms with Gasteiger partial charge in [-0.05, 0) is 47.6 Å². The van der Waals surface area contributed by atoms with Crippen LogP contribution in [-0.2, 0) is 19.3 Å². The molecule has 2 N–H and O–H groups in total. The molecular weight excluding hydrogens is 258 g/mol. The van der Waals surface area contributed by atoms with Gasteiger partial charge in [0.25, 0.3) is 0 Å². The highest BCUT2D eigenvalue weighted by molar-refractivity contribution is 5.40. The molecule has 0 saturated carbocycles. The van der Waals surface area contributed by atoms with Gasteiger partial charge in [-0.25, -0.2) is 0 Å². The number of hydrogen-bond acceptors (Lipinski definition) is 2. The quantitative estimate of drug-likeness (QED) is 0.904. The Labute approximate surface area is 126 Å². The summed E-state index contributed by atoms with van der Waals surface area (Å²) in [5.41, 5.74) is 11.8. The molecule has 1 atom stereocenters. The first-order chi connectivity index (χ1) is 10.3. The SMILES string of the molecule is CCc1ccccc1C(N)CCc1ccc2c(c1)CCO2. The fraction of sp³-hybridized carbons (Fsp3) is 0.368. The van der Waals surface area contributed by atoms with Gasteiger partial charge in [-0.3, -0.25) is 0 Å². The lowest BCUT2D eigenvalue weighted by Crippen LogP contribution is -2.13. The zero-order valence-corrected chi connectivity index (χ0v) is 12.6. The van der Waals surface area contributed by atoms with E-state index in [1.807, 2.05) is 0 Å². The maximum absolute atomic E-state index is 6.41. The molecule has 1 aliphatic heterocycles. The minimum Gasteiger partial charge on any atom is -0.493 e. The molecule has 0 amide bonds. The Kier molecular flexibility index (Phi) is 4.26. The molecule has 0 radical (unpaired) electrons. The van der Waals surface area contributed by atoms with Crippen molar-refractivity contribution in [2.45, 2.75) is 38.6 Å². The van der Waals surface area contributed by atoms with Crippen molar-refractivity contribution in [1.29, 1.82) is 0 Å². The third-order valence-electron chi connectivity index (χ3n) is 4.33. The average Bonchev–Trinajstić information content (AvgIpc) is 3.00. The van der Waals surface area contributed by atoms with E-state index in [0.29, 0.717) is 0 Å². The maximum Gasteiger partial charge on any atom is 0.122 e. The molecule has 0 aromatic heterocycles. The average molecular weight is 281 g/mol. The molecule has 2 nitrogen and oxygen atoms in total. The second-order valence-electron chi connectivity index (χ2n) is 5.74. The van der Waals surface area contributed by atoms with Crippen molar-refractivity contribution in [2.24, 2.45) is 5.73 Å². The van der Waals surface area contributed by atoms with E-state index in [4.69, 9.17) is 10.5 Å². The Hall–Kier alpha value is -1.80. The molecule has 21 heavy (non-hydrogen) atoms. The summed E-state index contributed by atoms with van der Waals surface area (Å²) in [5.74, 6) is 1.05. The van der Waals surface area contributed by atoms with E-state index < -0.39 is 0 Å². The summed E-state index contributed by atoms with van der Waals surface area (Å²) >= 11 is 0. The summed E-state index contributed by atoms with van der Waals surface area (Å²) < 4.78 is 5.55. The molecule has 2 aromatic rings. The summed E-state index contributed by atoms with van der Waals surface area (Å²) in [6.45, 7) is 3.01. The first kappa shape index (κ1) is 14.2. The van der Waals surface area contributed by atoms with Crippen LogP contribution in [0.25, 0.3) is 0 Å². The lowest BCUT2D eigenvalue weighted by atomic mass is 9.94. The first-order valence-corrected chi connectivity index (χ1v) is 7.86. The Morgan fingerprint density at radius 3 is 2.90 bits per heavy atom. The van der Waals surface area contributed by atoms with Gasteiger partial charge in [0, 0.05) is 12.5 Å².